The number of carbonyl (C=O) groups excluding carboxylic acids is 1. The van der Waals surface area contributed by atoms with Crippen molar-refractivity contribution < 1.29 is 4.79 Å². The number of nitrogens with zero attached hydrogens (tertiary/aromatic N) is 1. The maximum Gasteiger partial charge on any atom is 0.252 e. The summed E-state index contributed by atoms with van der Waals surface area (Å²) < 4.78 is 0. The van der Waals surface area contributed by atoms with E-state index in [2.05, 4.69) is 10.3 Å². The summed E-state index contributed by atoms with van der Waals surface area (Å²) in [4.78, 5) is 15.9. The normalized spacial score (nSPS) is 22.1. The van der Waals surface area contributed by atoms with E-state index >= 15 is 0 Å². The van der Waals surface area contributed by atoms with Gasteiger partial charge in [0, 0.05) is 23.7 Å². The summed E-state index contributed by atoms with van der Waals surface area (Å²) in [5, 5.41) is 4.32. The van der Waals surface area contributed by atoms with Crippen molar-refractivity contribution in [1.82, 2.24) is 4.98 Å². The van der Waals surface area contributed by atoms with Crippen molar-refractivity contribution in [2.24, 2.45) is 11.5 Å². The highest BCUT2D eigenvalue weighted by atomic mass is 16.1. The number of hydrogen-bond acceptors (Lipinski definition) is 4. The molecule has 3 rings (SSSR count). The average molecular weight is 270 g/mol. The molecule has 5 nitrogen and oxygen atoms in total. The largest absolute Gasteiger partial charge is 0.380 e. The number of amides is 1. The van der Waals surface area contributed by atoms with E-state index < -0.39 is 5.91 Å². The maximum absolute atomic E-state index is 11.6. The molecule has 0 aliphatic heterocycles. The minimum atomic E-state index is -0.475. The van der Waals surface area contributed by atoms with Crippen LogP contribution in [0.15, 0.2) is 30.5 Å². The number of pyridine rings is 1. The molecule has 20 heavy (non-hydrogen) atoms. The first-order chi connectivity index (χ1) is 9.66. The van der Waals surface area contributed by atoms with Crippen LogP contribution in [0, 0.1) is 0 Å². The Morgan fingerprint density at radius 2 is 2.10 bits per heavy atom. The summed E-state index contributed by atoms with van der Waals surface area (Å²) in [7, 11) is 0. The highest BCUT2D eigenvalue weighted by molar-refractivity contribution is 6.06. The molecule has 104 valence electrons. The van der Waals surface area contributed by atoms with E-state index in [-0.39, 0.29) is 12.1 Å². The Labute approximate surface area is 117 Å². The van der Waals surface area contributed by atoms with Gasteiger partial charge in [-0.1, -0.05) is 18.2 Å². The fourth-order valence-electron chi connectivity index (χ4n) is 2.84. The van der Waals surface area contributed by atoms with Gasteiger partial charge in [-0.3, -0.25) is 9.78 Å². The summed E-state index contributed by atoms with van der Waals surface area (Å²) in [6.45, 7) is 0. The third-order valence-electron chi connectivity index (χ3n) is 3.94. The highest BCUT2D eigenvalue weighted by Crippen LogP contribution is 2.29. The number of aromatic nitrogens is 1. The van der Waals surface area contributed by atoms with Crippen molar-refractivity contribution in [3.05, 3.63) is 36.0 Å². The van der Waals surface area contributed by atoms with Crippen LogP contribution in [-0.4, -0.2) is 23.0 Å². The van der Waals surface area contributed by atoms with Crippen molar-refractivity contribution in [1.29, 1.82) is 0 Å². The number of nitrogens with two attached hydrogens (primary N) is 2. The highest BCUT2D eigenvalue weighted by Gasteiger charge is 2.25. The zero-order chi connectivity index (χ0) is 14.1. The number of rotatable bonds is 3. The summed E-state index contributed by atoms with van der Waals surface area (Å²) in [5.74, 6) is -0.475. The van der Waals surface area contributed by atoms with Crippen LogP contribution in [0.3, 0.4) is 0 Å². The first-order valence-corrected chi connectivity index (χ1v) is 6.86. The van der Waals surface area contributed by atoms with Crippen molar-refractivity contribution in [3.8, 4) is 0 Å². The van der Waals surface area contributed by atoms with Gasteiger partial charge >= 0.3 is 0 Å². The third-order valence-corrected chi connectivity index (χ3v) is 3.94. The minimum absolute atomic E-state index is 0.114. The molecule has 0 bridgehead atoms. The van der Waals surface area contributed by atoms with E-state index in [0.717, 1.165) is 35.9 Å². The van der Waals surface area contributed by atoms with Gasteiger partial charge in [0.2, 0.25) is 0 Å². The van der Waals surface area contributed by atoms with Gasteiger partial charge in [-0.15, -0.1) is 0 Å². The number of anilines is 1. The fourth-order valence-corrected chi connectivity index (χ4v) is 2.84. The van der Waals surface area contributed by atoms with Gasteiger partial charge in [-0.2, -0.15) is 0 Å². The zero-order valence-corrected chi connectivity index (χ0v) is 11.2. The maximum atomic E-state index is 11.6. The van der Waals surface area contributed by atoms with Crippen LogP contribution >= 0.6 is 0 Å². The van der Waals surface area contributed by atoms with Crippen LogP contribution in [0.5, 0.6) is 0 Å². The lowest BCUT2D eigenvalue weighted by molar-refractivity contribution is 0.100. The van der Waals surface area contributed by atoms with Crippen molar-refractivity contribution in [3.63, 3.8) is 0 Å². The number of hydrogen-bond donors (Lipinski definition) is 3. The van der Waals surface area contributed by atoms with Crippen LogP contribution in [0.25, 0.3) is 10.9 Å². The standard InChI is InChI=1S/C15H18N4O/c16-11-5-3-7-13(11)19-14-9-4-1-2-6-12(9)18-8-10(14)15(17)20/h1-2,4,6,8,11,13H,3,5,7,16H2,(H2,17,20)(H,18,19). The number of nitrogens with one attached hydrogen (secondary N) is 1. The van der Waals surface area contributed by atoms with Crippen LogP contribution in [-0.2, 0) is 0 Å². The van der Waals surface area contributed by atoms with E-state index in [4.69, 9.17) is 11.5 Å². The van der Waals surface area contributed by atoms with Gasteiger partial charge in [-0.25, -0.2) is 0 Å². The zero-order valence-electron chi connectivity index (χ0n) is 11.2. The molecule has 1 aliphatic rings. The Morgan fingerprint density at radius 1 is 1.30 bits per heavy atom. The molecule has 5 heteroatoms. The molecule has 5 N–H and O–H groups in total. The Bertz CT molecular complexity index is 655. The van der Waals surface area contributed by atoms with E-state index in [9.17, 15) is 4.79 Å². The second-order valence-corrected chi connectivity index (χ2v) is 5.27. The summed E-state index contributed by atoms with van der Waals surface area (Å²) in [6, 6.07) is 8.00. The number of para-hydroxylation sites is 1. The van der Waals surface area contributed by atoms with Gasteiger partial charge in [0.1, 0.15) is 0 Å². The monoisotopic (exact) mass is 270 g/mol. The first-order valence-electron chi connectivity index (χ1n) is 6.86. The SMILES string of the molecule is NC(=O)c1cnc2ccccc2c1NC1CCCC1N. The van der Waals surface area contributed by atoms with Gasteiger partial charge in [0.05, 0.1) is 16.8 Å². The van der Waals surface area contributed by atoms with Crippen molar-refractivity contribution >= 4 is 22.5 Å². The van der Waals surface area contributed by atoms with Gasteiger partial charge < -0.3 is 16.8 Å². The lowest BCUT2D eigenvalue weighted by Gasteiger charge is -2.21. The molecule has 0 radical (unpaired) electrons. The van der Waals surface area contributed by atoms with Crippen LogP contribution in [0.2, 0.25) is 0 Å². The molecule has 2 unspecified atom stereocenters. The number of carbonyl (C=O) groups is 1. The van der Waals surface area contributed by atoms with Crippen LogP contribution in [0.4, 0.5) is 5.69 Å². The van der Waals surface area contributed by atoms with Crippen molar-refractivity contribution in [2.75, 3.05) is 5.32 Å². The van der Waals surface area contributed by atoms with E-state index in [1.807, 2.05) is 24.3 Å². The molecule has 1 aromatic heterocycles. The lowest BCUT2D eigenvalue weighted by Crippen LogP contribution is -2.36. The quantitative estimate of drug-likeness (QED) is 0.790. The fraction of sp³-hybridized carbons (Fsp3) is 0.333. The summed E-state index contributed by atoms with van der Waals surface area (Å²) in [5.41, 5.74) is 13.6. The van der Waals surface area contributed by atoms with E-state index in [0.29, 0.717) is 5.56 Å². The minimum Gasteiger partial charge on any atom is -0.380 e. The molecule has 1 amide bonds. The predicted octanol–water partition coefficient (Wildman–Crippen LogP) is 1.63. The predicted molar refractivity (Wildman–Crippen MR) is 79.5 cm³/mol. The third kappa shape index (κ3) is 2.20. The second kappa shape index (κ2) is 5.09. The molecular formula is C15H18N4O. The Kier molecular flexibility index (Phi) is 3.28. The number of fused-ring (bicyclic) bond motifs is 1. The Morgan fingerprint density at radius 3 is 2.80 bits per heavy atom. The summed E-state index contributed by atoms with van der Waals surface area (Å²) in [6.07, 6.45) is 4.66. The van der Waals surface area contributed by atoms with Gasteiger partial charge in [0.15, 0.2) is 0 Å². The molecule has 0 saturated heterocycles. The Balaban J connectivity index is 2.09. The molecule has 1 fully saturated rings. The topological polar surface area (TPSA) is 94.0 Å². The van der Waals surface area contributed by atoms with Crippen molar-refractivity contribution in [2.45, 2.75) is 31.3 Å². The number of primary amides is 1. The molecule has 2 atom stereocenters. The van der Waals surface area contributed by atoms with E-state index in [1.54, 1.807) is 0 Å². The molecule has 1 heterocycles. The summed E-state index contributed by atoms with van der Waals surface area (Å²) >= 11 is 0. The smallest absolute Gasteiger partial charge is 0.252 e. The molecule has 1 aromatic carbocycles. The Hall–Kier alpha value is -2.14. The average Bonchev–Trinajstić information content (AvgIpc) is 2.84. The number of benzene rings is 1. The molecule has 2 aromatic rings. The van der Waals surface area contributed by atoms with Gasteiger partial charge in [0.25, 0.3) is 5.91 Å². The molecule has 1 aliphatic carbocycles. The van der Waals surface area contributed by atoms with Crippen LogP contribution < -0.4 is 16.8 Å². The second-order valence-electron chi connectivity index (χ2n) is 5.27. The first kappa shape index (κ1) is 12.9. The lowest BCUT2D eigenvalue weighted by atomic mass is 10.1. The molecule has 1 saturated carbocycles. The molecular weight excluding hydrogens is 252 g/mol. The van der Waals surface area contributed by atoms with Crippen LogP contribution in [0.1, 0.15) is 29.6 Å². The molecule has 0 spiro atoms. The van der Waals surface area contributed by atoms with Gasteiger partial charge in [-0.05, 0) is 25.3 Å². The van der Waals surface area contributed by atoms with E-state index in [1.165, 1.54) is 6.20 Å².